The molecule has 0 N–H and O–H groups in total. The average molecular weight is 445 g/mol. The molecule has 0 bridgehead atoms. The molecular formula is C11H6Br3ClS. The smallest absolute Gasteiger partial charge is 0.0757 e. The minimum absolute atomic E-state index is 0.182. The summed E-state index contributed by atoms with van der Waals surface area (Å²) in [4.78, 5) is 0.182. The van der Waals surface area contributed by atoms with Crippen LogP contribution in [-0.4, -0.2) is 0 Å². The minimum atomic E-state index is 0.182. The van der Waals surface area contributed by atoms with E-state index in [9.17, 15) is 0 Å². The summed E-state index contributed by atoms with van der Waals surface area (Å²) in [6, 6.07) is 9.98. The highest BCUT2D eigenvalue weighted by Crippen LogP contribution is 2.41. The number of hydrogen-bond acceptors (Lipinski definition) is 1. The zero-order valence-corrected chi connectivity index (χ0v) is 14.2. The molecule has 16 heavy (non-hydrogen) atoms. The quantitative estimate of drug-likeness (QED) is 0.469. The van der Waals surface area contributed by atoms with Crippen LogP contribution in [0.15, 0.2) is 37.9 Å². The molecule has 1 aromatic carbocycles. The van der Waals surface area contributed by atoms with E-state index in [1.807, 2.05) is 24.3 Å². The van der Waals surface area contributed by atoms with Crippen LogP contribution in [0.2, 0.25) is 5.02 Å². The zero-order valence-electron chi connectivity index (χ0n) is 7.88. The number of thiophene rings is 1. The topological polar surface area (TPSA) is 0 Å². The molecule has 0 amide bonds. The Bertz CT molecular complexity index is 492. The molecule has 0 saturated carbocycles. The maximum Gasteiger partial charge on any atom is 0.0757 e. The lowest BCUT2D eigenvalue weighted by Gasteiger charge is -2.09. The molecule has 1 heterocycles. The lowest BCUT2D eigenvalue weighted by atomic mass is 10.1. The van der Waals surface area contributed by atoms with E-state index in [0.29, 0.717) is 0 Å². The molecule has 1 atom stereocenters. The van der Waals surface area contributed by atoms with E-state index in [1.165, 1.54) is 11.1 Å². The number of alkyl halides is 1. The van der Waals surface area contributed by atoms with Crippen molar-refractivity contribution >= 4 is 70.7 Å². The highest BCUT2D eigenvalue weighted by atomic mass is 79.9. The second kappa shape index (κ2) is 5.53. The Morgan fingerprint density at radius 3 is 2.25 bits per heavy atom. The fraction of sp³-hybridized carbons (Fsp3) is 0.0909. The molecule has 1 unspecified atom stereocenters. The predicted molar refractivity (Wildman–Crippen MR) is 81.9 cm³/mol. The predicted octanol–water partition coefficient (Wildman–Crippen LogP) is 6.41. The summed E-state index contributed by atoms with van der Waals surface area (Å²) in [7, 11) is 0. The van der Waals surface area contributed by atoms with E-state index in [0.717, 1.165) is 12.6 Å². The molecule has 0 aliphatic carbocycles. The number of hydrogen-bond donors (Lipinski definition) is 0. The van der Waals surface area contributed by atoms with Crippen LogP contribution in [0.5, 0.6) is 0 Å². The van der Waals surface area contributed by atoms with Gasteiger partial charge in [-0.1, -0.05) is 39.7 Å². The van der Waals surface area contributed by atoms with Crippen LogP contribution in [0.1, 0.15) is 16.0 Å². The van der Waals surface area contributed by atoms with Crippen molar-refractivity contribution in [3.63, 3.8) is 0 Å². The molecule has 0 spiro atoms. The van der Waals surface area contributed by atoms with Crippen molar-refractivity contribution in [2.24, 2.45) is 0 Å². The molecular weight excluding hydrogens is 439 g/mol. The fourth-order valence-corrected chi connectivity index (χ4v) is 5.49. The molecule has 1 aromatic heterocycles. The van der Waals surface area contributed by atoms with E-state index in [4.69, 9.17) is 11.6 Å². The summed E-state index contributed by atoms with van der Waals surface area (Å²) in [6.07, 6.45) is 0. The third-order valence-electron chi connectivity index (χ3n) is 2.12. The van der Waals surface area contributed by atoms with E-state index in [-0.39, 0.29) is 4.83 Å². The Kier molecular flexibility index (Phi) is 4.52. The van der Waals surface area contributed by atoms with Gasteiger partial charge in [0, 0.05) is 5.02 Å². The van der Waals surface area contributed by atoms with Gasteiger partial charge in [-0.15, -0.1) is 11.3 Å². The van der Waals surface area contributed by atoms with E-state index in [1.54, 1.807) is 11.3 Å². The summed E-state index contributed by atoms with van der Waals surface area (Å²) in [5.74, 6) is 0. The summed E-state index contributed by atoms with van der Waals surface area (Å²) in [6.45, 7) is 0. The first kappa shape index (κ1) is 13.1. The molecule has 0 saturated heterocycles. The Hall–Kier alpha value is 0.650. The van der Waals surface area contributed by atoms with Gasteiger partial charge in [0.05, 0.1) is 12.4 Å². The van der Waals surface area contributed by atoms with Gasteiger partial charge in [-0.25, -0.2) is 0 Å². The number of halogens is 4. The highest BCUT2D eigenvalue weighted by molar-refractivity contribution is 9.12. The second-order valence-corrected chi connectivity index (χ2v) is 8.30. The first-order chi connectivity index (χ1) is 7.58. The first-order valence-electron chi connectivity index (χ1n) is 4.42. The van der Waals surface area contributed by atoms with Crippen LogP contribution in [0.4, 0.5) is 0 Å². The second-order valence-electron chi connectivity index (χ2n) is 3.19. The molecule has 0 fully saturated rings. The van der Waals surface area contributed by atoms with Crippen molar-refractivity contribution in [2.75, 3.05) is 0 Å². The van der Waals surface area contributed by atoms with Crippen LogP contribution < -0.4 is 0 Å². The summed E-state index contributed by atoms with van der Waals surface area (Å²) >= 11 is 18.3. The Morgan fingerprint density at radius 2 is 1.75 bits per heavy atom. The van der Waals surface area contributed by atoms with Crippen molar-refractivity contribution in [3.8, 4) is 0 Å². The molecule has 0 nitrogen and oxygen atoms in total. The summed E-state index contributed by atoms with van der Waals surface area (Å²) in [5, 5.41) is 0.758. The molecule has 84 valence electrons. The van der Waals surface area contributed by atoms with Crippen LogP contribution in [0, 0.1) is 0 Å². The molecule has 2 rings (SSSR count). The maximum atomic E-state index is 5.87. The lowest BCUT2D eigenvalue weighted by Crippen LogP contribution is -1.90. The van der Waals surface area contributed by atoms with Gasteiger partial charge in [-0.3, -0.25) is 0 Å². The Balaban J connectivity index is 2.35. The maximum absolute atomic E-state index is 5.87. The van der Waals surface area contributed by atoms with Crippen molar-refractivity contribution in [1.29, 1.82) is 0 Å². The third-order valence-corrected chi connectivity index (χ3v) is 5.78. The molecule has 0 aliphatic heterocycles. The Labute approximate surface area is 128 Å². The van der Waals surface area contributed by atoms with Gasteiger partial charge in [-0.05, 0) is 61.2 Å². The first-order valence-corrected chi connectivity index (χ1v) is 8.12. The fourth-order valence-electron chi connectivity index (χ4n) is 1.34. The standard InChI is InChI=1S/C11H6Br3ClS/c12-9-5-8(11(14)16-9)10(13)6-1-3-7(15)4-2-6/h1-5,10H. The lowest BCUT2D eigenvalue weighted by molar-refractivity contribution is 1.18. The third kappa shape index (κ3) is 2.91. The summed E-state index contributed by atoms with van der Waals surface area (Å²) in [5.41, 5.74) is 2.41. The van der Waals surface area contributed by atoms with E-state index in [2.05, 4.69) is 53.9 Å². The van der Waals surface area contributed by atoms with E-state index < -0.39 is 0 Å². The monoisotopic (exact) mass is 442 g/mol. The van der Waals surface area contributed by atoms with Crippen LogP contribution in [-0.2, 0) is 0 Å². The molecule has 0 aliphatic rings. The van der Waals surface area contributed by atoms with Gasteiger partial charge >= 0.3 is 0 Å². The van der Waals surface area contributed by atoms with Crippen molar-refractivity contribution in [3.05, 3.63) is 54.1 Å². The van der Waals surface area contributed by atoms with Gasteiger partial charge in [-0.2, -0.15) is 0 Å². The number of benzene rings is 1. The van der Waals surface area contributed by atoms with Crippen LogP contribution >= 0.6 is 70.7 Å². The van der Waals surface area contributed by atoms with Crippen LogP contribution in [0.3, 0.4) is 0 Å². The number of rotatable bonds is 2. The van der Waals surface area contributed by atoms with Gasteiger partial charge in [0.2, 0.25) is 0 Å². The van der Waals surface area contributed by atoms with Crippen molar-refractivity contribution < 1.29 is 0 Å². The van der Waals surface area contributed by atoms with Gasteiger partial charge in [0.25, 0.3) is 0 Å². The van der Waals surface area contributed by atoms with Crippen molar-refractivity contribution in [1.82, 2.24) is 0 Å². The SMILES string of the molecule is Clc1ccc(C(Br)c2cc(Br)sc2Br)cc1. The van der Waals surface area contributed by atoms with Gasteiger partial charge in [0.15, 0.2) is 0 Å². The van der Waals surface area contributed by atoms with Crippen LogP contribution in [0.25, 0.3) is 0 Å². The van der Waals surface area contributed by atoms with Crippen molar-refractivity contribution in [2.45, 2.75) is 4.83 Å². The zero-order chi connectivity index (χ0) is 11.7. The average Bonchev–Trinajstić information content (AvgIpc) is 2.58. The molecule has 2 aromatic rings. The molecule has 0 radical (unpaired) electrons. The van der Waals surface area contributed by atoms with Gasteiger partial charge in [0.1, 0.15) is 0 Å². The minimum Gasteiger partial charge on any atom is -0.121 e. The van der Waals surface area contributed by atoms with E-state index >= 15 is 0 Å². The molecule has 5 heteroatoms. The normalized spacial score (nSPS) is 12.8. The highest BCUT2D eigenvalue weighted by Gasteiger charge is 2.16. The van der Waals surface area contributed by atoms with Gasteiger partial charge < -0.3 is 0 Å². The summed E-state index contributed by atoms with van der Waals surface area (Å²) < 4.78 is 2.25. The Morgan fingerprint density at radius 1 is 1.12 bits per heavy atom. The largest absolute Gasteiger partial charge is 0.121 e.